The second kappa shape index (κ2) is 8.98. The van der Waals surface area contributed by atoms with Crippen molar-refractivity contribution < 1.29 is 14.3 Å². The Bertz CT molecular complexity index is 575. The van der Waals surface area contributed by atoms with Gasteiger partial charge in [-0.25, -0.2) is 0 Å². The summed E-state index contributed by atoms with van der Waals surface area (Å²) in [5.74, 6) is 0.129. The maximum Gasteiger partial charge on any atom is 0.255 e. The van der Waals surface area contributed by atoms with Gasteiger partial charge in [0.05, 0.1) is 6.10 Å². The highest BCUT2D eigenvalue weighted by Gasteiger charge is 2.42. The Morgan fingerprint density at radius 2 is 2.04 bits per heavy atom. The number of rotatable bonds is 7. The van der Waals surface area contributed by atoms with Gasteiger partial charge < -0.3 is 19.7 Å². The SMILES string of the molecule is COC1(C(=O)N(CCc2ccc(C)cc2)CC2CCCO2)CCNCC1. The molecule has 2 aliphatic rings. The van der Waals surface area contributed by atoms with Crippen LogP contribution in [-0.4, -0.2) is 62.4 Å². The highest BCUT2D eigenvalue weighted by Crippen LogP contribution is 2.26. The third-order valence-electron chi connectivity index (χ3n) is 5.72. The molecule has 5 nitrogen and oxygen atoms in total. The zero-order chi connectivity index (χ0) is 18.4. The first kappa shape index (κ1) is 19.3. The number of carbonyl (C=O) groups excluding carboxylic acids is 1. The molecule has 3 rings (SSSR count). The summed E-state index contributed by atoms with van der Waals surface area (Å²) in [6.07, 6.45) is 4.60. The quantitative estimate of drug-likeness (QED) is 0.811. The van der Waals surface area contributed by atoms with Gasteiger partial charge in [-0.3, -0.25) is 4.79 Å². The maximum absolute atomic E-state index is 13.4. The van der Waals surface area contributed by atoms with E-state index in [-0.39, 0.29) is 12.0 Å². The number of methoxy groups -OCH3 is 1. The zero-order valence-corrected chi connectivity index (χ0v) is 16.1. The molecule has 0 spiro atoms. The topological polar surface area (TPSA) is 50.8 Å². The van der Waals surface area contributed by atoms with E-state index in [9.17, 15) is 4.79 Å². The van der Waals surface area contributed by atoms with Crippen molar-refractivity contribution in [1.82, 2.24) is 10.2 Å². The van der Waals surface area contributed by atoms with Crippen LogP contribution in [0.3, 0.4) is 0 Å². The summed E-state index contributed by atoms with van der Waals surface area (Å²) in [5, 5.41) is 3.33. The van der Waals surface area contributed by atoms with Crippen molar-refractivity contribution >= 4 is 5.91 Å². The molecule has 0 bridgehead atoms. The molecule has 1 atom stereocenters. The maximum atomic E-state index is 13.4. The first-order valence-electron chi connectivity index (χ1n) is 9.85. The van der Waals surface area contributed by atoms with Crippen LogP contribution < -0.4 is 5.32 Å². The number of carbonyl (C=O) groups is 1. The van der Waals surface area contributed by atoms with E-state index < -0.39 is 5.60 Å². The molecule has 0 aliphatic carbocycles. The first-order valence-corrected chi connectivity index (χ1v) is 9.85. The molecule has 1 aromatic rings. The van der Waals surface area contributed by atoms with Crippen LogP contribution in [0.1, 0.15) is 36.8 Å². The molecule has 1 aromatic carbocycles. The highest BCUT2D eigenvalue weighted by atomic mass is 16.5. The Kier molecular flexibility index (Phi) is 6.68. The van der Waals surface area contributed by atoms with Crippen molar-refractivity contribution in [2.24, 2.45) is 0 Å². The third-order valence-corrected chi connectivity index (χ3v) is 5.72. The van der Waals surface area contributed by atoms with E-state index in [1.807, 2.05) is 4.90 Å². The Balaban J connectivity index is 1.70. The largest absolute Gasteiger partial charge is 0.376 e. The van der Waals surface area contributed by atoms with Crippen LogP contribution in [0.2, 0.25) is 0 Å². The molecule has 2 aliphatic heterocycles. The minimum Gasteiger partial charge on any atom is -0.376 e. The van der Waals surface area contributed by atoms with Gasteiger partial charge in [-0.1, -0.05) is 29.8 Å². The minimum absolute atomic E-state index is 0.129. The van der Waals surface area contributed by atoms with Crippen LogP contribution >= 0.6 is 0 Å². The number of ether oxygens (including phenoxy) is 2. The number of nitrogens with one attached hydrogen (secondary N) is 1. The van der Waals surface area contributed by atoms with Crippen molar-refractivity contribution in [3.8, 4) is 0 Å². The molecule has 5 heteroatoms. The Hall–Kier alpha value is -1.43. The van der Waals surface area contributed by atoms with Crippen molar-refractivity contribution in [3.05, 3.63) is 35.4 Å². The molecule has 1 amide bonds. The summed E-state index contributed by atoms with van der Waals surface area (Å²) >= 11 is 0. The third kappa shape index (κ3) is 4.64. The van der Waals surface area contributed by atoms with Gasteiger partial charge in [-0.05, 0) is 57.7 Å². The molecule has 0 radical (unpaired) electrons. The van der Waals surface area contributed by atoms with Gasteiger partial charge in [0.1, 0.15) is 5.60 Å². The molecule has 2 saturated heterocycles. The van der Waals surface area contributed by atoms with Gasteiger partial charge in [-0.15, -0.1) is 0 Å². The molecular weight excluding hydrogens is 328 g/mol. The molecule has 26 heavy (non-hydrogen) atoms. The van der Waals surface area contributed by atoms with Gasteiger partial charge >= 0.3 is 0 Å². The molecule has 2 heterocycles. The fourth-order valence-corrected chi connectivity index (χ4v) is 3.95. The minimum atomic E-state index is -0.683. The summed E-state index contributed by atoms with van der Waals surface area (Å²) in [6, 6.07) is 8.57. The number of hydrogen-bond donors (Lipinski definition) is 1. The molecule has 1 unspecified atom stereocenters. The number of piperidine rings is 1. The van der Waals surface area contributed by atoms with Gasteiger partial charge in [0.15, 0.2) is 0 Å². The summed E-state index contributed by atoms with van der Waals surface area (Å²) in [7, 11) is 1.67. The van der Waals surface area contributed by atoms with E-state index in [4.69, 9.17) is 9.47 Å². The highest BCUT2D eigenvalue weighted by molar-refractivity contribution is 5.85. The van der Waals surface area contributed by atoms with Gasteiger partial charge in [-0.2, -0.15) is 0 Å². The smallest absolute Gasteiger partial charge is 0.255 e. The van der Waals surface area contributed by atoms with Crippen molar-refractivity contribution in [2.75, 3.05) is 39.9 Å². The lowest BCUT2D eigenvalue weighted by molar-refractivity contribution is -0.159. The Labute approximate surface area is 157 Å². The summed E-state index contributed by atoms with van der Waals surface area (Å²) in [6.45, 7) is 5.93. The Morgan fingerprint density at radius 1 is 1.31 bits per heavy atom. The molecule has 1 N–H and O–H groups in total. The second-order valence-corrected chi connectivity index (χ2v) is 7.57. The van der Waals surface area contributed by atoms with Gasteiger partial charge in [0.25, 0.3) is 5.91 Å². The van der Waals surface area contributed by atoms with E-state index in [0.29, 0.717) is 13.1 Å². The van der Waals surface area contributed by atoms with Gasteiger partial charge in [0.2, 0.25) is 0 Å². The van der Waals surface area contributed by atoms with E-state index in [1.54, 1.807) is 7.11 Å². The summed E-state index contributed by atoms with van der Waals surface area (Å²) in [4.78, 5) is 15.4. The van der Waals surface area contributed by atoms with Crippen molar-refractivity contribution in [1.29, 1.82) is 0 Å². The number of aryl methyl sites for hydroxylation is 1. The second-order valence-electron chi connectivity index (χ2n) is 7.57. The normalized spacial score (nSPS) is 22.3. The fraction of sp³-hybridized carbons (Fsp3) is 0.667. The average Bonchev–Trinajstić information content (AvgIpc) is 3.19. The lowest BCUT2D eigenvalue weighted by Crippen LogP contribution is -2.56. The predicted molar refractivity (Wildman–Crippen MR) is 102 cm³/mol. The van der Waals surface area contributed by atoms with E-state index in [0.717, 1.165) is 51.8 Å². The molecule has 2 fully saturated rings. The average molecular weight is 360 g/mol. The monoisotopic (exact) mass is 360 g/mol. The molecule has 144 valence electrons. The molecular formula is C21H32N2O3. The molecule has 0 saturated carbocycles. The lowest BCUT2D eigenvalue weighted by Gasteiger charge is -2.39. The number of hydrogen-bond acceptors (Lipinski definition) is 4. The first-order chi connectivity index (χ1) is 12.6. The van der Waals surface area contributed by atoms with Crippen LogP contribution in [-0.2, 0) is 20.7 Å². The number of benzene rings is 1. The van der Waals surface area contributed by atoms with Crippen LogP contribution in [0.15, 0.2) is 24.3 Å². The fourth-order valence-electron chi connectivity index (χ4n) is 3.95. The van der Waals surface area contributed by atoms with E-state index >= 15 is 0 Å². The van der Waals surface area contributed by atoms with Crippen LogP contribution in [0, 0.1) is 6.92 Å². The number of nitrogens with zero attached hydrogens (tertiary/aromatic N) is 1. The zero-order valence-electron chi connectivity index (χ0n) is 16.1. The molecule has 0 aromatic heterocycles. The van der Waals surface area contributed by atoms with E-state index in [1.165, 1.54) is 11.1 Å². The predicted octanol–water partition coefficient (Wildman–Crippen LogP) is 2.31. The van der Waals surface area contributed by atoms with Crippen LogP contribution in [0.5, 0.6) is 0 Å². The summed E-state index contributed by atoms with van der Waals surface area (Å²) < 4.78 is 11.6. The number of amides is 1. The van der Waals surface area contributed by atoms with E-state index in [2.05, 4.69) is 36.5 Å². The standard InChI is InChI=1S/C21H32N2O3/c1-17-5-7-18(8-6-17)9-14-23(16-19-4-3-15-26-19)20(24)21(25-2)10-12-22-13-11-21/h5-8,19,22H,3-4,9-16H2,1-2H3. The van der Waals surface area contributed by atoms with Crippen LogP contribution in [0.4, 0.5) is 0 Å². The van der Waals surface area contributed by atoms with Gasteiger partial charge in [0, 0.05) is 26.8 Å². The lowest BCUT2D eigenvalue weighted by atomic mass is 9.90. The van der Waals surface area contributed by atoms with Crippen molar-refractivity contribution in [2.45, 2.75) is 50.7 Å². The summed E-state index contributed by atoms with van der Waals surface area (Å²) in [5.41, 5.74) is 1.84. The van der Waals surface area contributed by atoms with Crippen molar-refractivity contribution in [3.63, 3.8) is 0 Å². The van der Waals surface area contributed by atoms with Crippen LogP contribution in [0.25, 0.3) is 0 Å². The Morgan fingerprint density at radius 3 is 2.65 bits per heavy atom.